The van der Waals surface area contributed by atoms with Gasteiger partial charge in [0.2, 0.25) is 5.91 Å². The lowest BCUT2D eigenvalue weighted by atomic mass is 9.79. The zero-order valence-electron chi connectivity index (χ0n) is 14.2. The van der Waals surface area contributed by atoms with Crippen LogP contribution in [0.4, 0.5) is 0 Å². The van der Waals surface area contributed by atoms with Crippen molar-refractivity contribution in [2.75, 3.05) is 19.6 Å². The molecular weight excluding hydrogens is 320 g/mol. The number of nitrogens with zero attached hydrogens (tertiary/aromatic N) is 2. The molecule has 0 aromatic heterocycles. The molecule has 1 aromatic carbocycles. The van der Waals surface area contributed by atoms with Crippen LogP contribution in [0.25, 0.3) is 0 Å². The number of carbonyl (C=O) groups is 2. The quantitative estimate of drug-likeness (QED) is 0.842. The van der Waals surface area contributed by atoms with Gasteiger partial charge in [-0.25, -0.2) is 0 Å². The molecule has 2 fully saturated rings. The van der Waals surface area contributed by atoms with Crippen LogP contribution in [0, 0.1) is 11.8 Å². The molecular formula is C19H24N2O4. The van der Waals surface area contributed by atoms with Crippen molar-refractivity contribution in [2.45, 2.75) is 38.0 Å². The van der Waals surface area contributed by atoms with E-state index >= 15 is 0 Å². The van der Waals surface area contributed by atoms with Crippen molar-refractivity contribution in [1.82, 2.24) is 9.80 Å². The fraction of sp³-hybridized carbons (Fsp3) is 0.579. The van der Waals surface area contributed by atoms with E-state index in [1.54, 1.807) is 4.90 Å². The third-order valence-electron chi connectivity index (χ3n) is 5.95. The molecule has 1 saturated heterocycles. The first kappa shape index (κ1) is 16.5. The molecule has 6 heteroatoms. The maximum absolute atomic E-state index is 12.6. The van der Waals surface area contributed by atoms with Gasteiger partial charge in [-0.3, -0.25) is 9.59 Å². The highest BCUT2D eigenvalue weighted by Crippen LogP contribution is 2.36. The van der Waals surface area contributed by atoms with Crippen molar-refractivity contribution in [3.8, 4) is 0 Å². The first-order valence-electron chi connectivity index (χ1n) is 9.04. The van der Waals surface area contributed by atoms with Crippen molar-refractivity contribution >= 4 is 11.8 Å². The normalized spacial score (nSPS) is 31.2. The highest BCUT2D eigenvalue weighted by Gasteiger charge is 2.42. The summed E-state index contributed by atoms with van der Waals surface area (Å²) in [5.74, 6) is 0.618. The van der Waals surface area contributed by atoms with E-state index in [9.17, 15) is 19.8 Å². The second-order valence-electron chi connectivity index (χ2n) is 7.56. The fourth-order valence-electron chi connectivity index (χ4n) is 4.49. The third-order valence-corrected chi connectivity index (χ3v) is 5.95. The molecule has 2 N–H and O–H groups in total. The summed E-state index contributed by atoms with van der Waals surface area (Å²) < 4.78 is 0. The monoisotopic (exact) mass is 344 g/mol. The molecule has 134 valence electrons. The summed E-state index contributed by atoms with van der Waals surface area (Å²) in [4.78, 5) is 28.5. The number of rotatable bonds is 3. The van der Waals surface area contributed by atoms with Crippen LogP contribution in [0.15, 0.2) is 24.3 Å². The fourth-order valence-corrected chi connectivity index (χ4v) is 4.49. The summed E-state index contributed by atoms with van der Waals surface area (Å²) in [7, 11) is 0. The van der Waals surface area contributed by atoms with Crippen molar-refractivity contribution in [3.63, 3.8) is 0 Å². The Balaban J connectivity index is 1.31. The molecule has 0 radical (unpaired) electrons. The molecule has 0 spiro atoms. The number of aliphatic hydroxyl groups is 2. The van der Waals surface area contributed by atoms with Gasteiger partial charge in [0.1, 0.15) is 0 Å². The number of carbonyl (C=O) groups excluding carboxylic acids is 2. The molecule has 2 heterocycles. The van der Waals surface area contributed by atoms with Crippen LogP contribution in [0.1, 0.15) is 35.2 Å². The molecule has 1 saturated carbocycles. The van der Waals surface area contributed by atoms with Crippen molar-refractivity contribution in [3.05, 3.63) is 35.4 Å². The molecule has 25 heavy (non-hydrogen) atoms. The molecule has 0 unspecified atom stereocenters. The van der Waals surface area contributed by atoms with E-state index in [1.165, 1.54) is 0 Å². The molecule has 1 aliphatic carbocycles. The highest BCUT2D eigenvalue weighted by molar-refractivity contribution is 5.98. The number of fused-ring (bicyclic) bond motifs is 2. The summed E-state index contributed by atoms with van der Waals surface area (Å²) in [6, 6.07) is 7.58. The maximum atomic E-state index is 12.6. The number of amides is 2. The number of benzene rings is 1. The molecule has 2 aliphatic heterocycles. The lowest BCUT2D eigenvalue weighted by Crippen LogP contribution is -2.38. The minimum atomic E-state index is -0.669. The highest BCUT2D eigenvalue weighted by atomic mass is 16.3. The van der Waals surface area contributed by atoms with Crippen LogP contribution in [0.5, 0.6) is 0 Å². The van der Waals surface area contributed by atoms with Gasteiger partial charge in [-0.05, 0) is 36.3 Å². The molecule has 1 aromatic rings. The van der Waals surface area contributed by atoms with Crippen molar-refractivity contribution in [2.24, 2.45) is 11.8 Å². The van der Waals surface area contributed by atoms with Gasteiger partial charge in [-0.15, -0.1) is 0 Å². The predicted molar refractivity (Wildman–Crippen MR) is 90.6 cm³/mol. The topological polar surface area (TPSA) is 81.1 Å². The summed E-state index contributed by atoms with van der Waals surface area (Å²) in [6.45, 7) is 2.32. The SMILES string of the molecule is O=C(CCN1Cc2ccccc2C1=O)N1C[C@H]2C[C@H](O)[C@H](O)C[C@H]2C1. The third kappa shape index (κ3) is 3.04. The Morgan fingerprint density at radius 2 is 1.72 bits per heavy atom. The van der Waals surface area contributed by atoms with Gasteiger partial charge in [0.05, 0.1) is 12.2 Å². The average molecular weight is 344 g/mol. The Morgan fingerprint density at radius 1 is 1.08 bits per heavy atom. The van der Waals surface area contributed by atoms with Crippen LogP contribution >= 0.6 is 0 Å². The lowest BCUT2D eigenvalue weighted by molar-refractivity contribution is -0.130. The van der Waals surface area contributed by atoms with E-state index in [1.807, 2.05) is 29.2 Å². The van der Waals surface area contributed by atoms with Crippen LogP contribution in [0.2, 0.25) is 0 Å². The number of aliphatic hydroxyl groups excluding tert-OH is 2. The van der Waals surface area contributed by atoms with E-state index in [0.29, 0.717) is 45.4 Å². The first-order valence-corrected chi connectivity index (χ1v) is 9.04. The molecule has 4 rings (SSSR count). The maximum Gasteiger partial charge on any atom is 0.254 e. The van der Waals surface area contributed by atoms with Gasteiger partial charge in [0.25, 0.3) is 5.91 Å². The number of hydrogen-bond acceptors (Lipinski definition) is 4. The second-order valence-corrected chi connectivity index (χ2v) is 7.56. The Morgan fingerprint density at radius 3 is 2.36 bits per heavy atom. The Hall–Kier alpha value is -1.92. The molecule has 2 amide bonds. The molecule has 6 nitrogen and oxygen atoms in total. The van der Waals surface area contributed by atoms with Crippen LogP contribution in [0.3, 0.4) is 0 Å². The first-order chi connectivity index (χ1) is 12.0. The van der Waals surface area contributed by atoms with Gasteiger partial charge in [0, 0.05) is 38.2 Å². The van der Waals surface area contributed by atoms with Crippen molar-refractivity contribution < 1.29 is 19.8 Å². The summed E-state index contributed by atoms with van der Waals surface area (Å²) in [6.07, 6.45) is 0.115. The van der Waals surface area contributed by atoms with E-state index in [4.69, 9.17) is 0 Å². The second kappa shape index (κ2) is 6.42. The van der Waals surface area contributed by atoms with E-state index < -0.39 is 12.2 Å². The smallest absolute Gasteiger partial charge is 0.254 e. The van der Waals surface area contributed by atoms with Gasteiger partial charge in [-0.1, -0.05) is 18.2 Å². The predicted octanol–water partition coefficient (Wildman–Crippen LogP) is 0.623. The number of hydrogen-bond donors (Lipinski definition) is 2. The van der Waals surface area contributed by atoms with Gasteiger partial charge >= 0.3 is 0 Å². The molecule has 0 bridgehead atoms. The number of likely N-dealkylation sites (tertiary alicyclic amines) is 1. The molecule has 4 atom stereocenters. The van der Waals surface area contributed by atoms with Gasteiger partial charge in [-0.2, -0.15) is 0 Å². The Bertz CT molecular complexity index is 674. The lowest BCUT2D eigenvalue weighted by Gasteiger charge is -2.31. The zero-order chi connectivity index (χ0) is 17.6. The minimum absolute atomic E-state index is 0.00439. The summed E-state index contributed by atoms with van der Waals surface area (Å²) >= 11 is 0. The Labute approximate surface area is 147 Å². The van der Waals surface area contributed by atoms with Crippen molar-refractivity contribution in [1.29, 1.82) is 0 Å². The van der Waals surface area contributed by atoms with Gasteiger partial charge < -0.3 is 20.0 Å². The zero-order valence-corrected chi connectivity index (χ0v) is 14.2. The van der Waals surface area contributed by atoms with Gasteiger partial charge in [0.15, 0.2) is 0 Å². The van der Waals surface area contributed by atoms with Crippen LogP contribution in [-0.4, -0.2) is 63.7 Å². The van der Waals surface area contributed by atoms with Crippen LogP contribution < -0.4 is 0 Å². The van der Waals surface area contributed by atoms with E-state index in [-0.39, 0.29) is 23.7 Å². The standard InChI is InChI=1S/C19H24N2O4/c22-16-7-13-10-21(11-14(13)8-17(16)23)18(24)5-6-20-9-12-3-1-2-4-15(12)19(20)25/h1-4,13-14,16-17,22-23H,5-11H2/t13-,14+,16+,17-. The largest absolute Gasteiger partial charge is 0.390 e. The Kier molecular flexibility index (Phi) is 4.25. The summed E-state index contributed by atoms with van der Waals surface area (Å²) in [5, 5.41) is 19.6. The summed E-state index contributed by atoms with van der Waals surface area (Å²) in [5.41, 5.74) is 1.76. The van der Waals surface area contributed by atoms with Crippen LogP contribution in [-0.2, 0) is 11.3 Å². The molecule has 3 aliphatic rings. The average Bonchev–Trinajstić information content (AvgIpc) is 3.15. The minimum Gasteiger partial charge on any atom is -0.390 e. The van der Waals surface area contributed by atoms with E-state index in [2.05, 4.69) is 0 Å². The van der Waals surface area contributed by atoms with E-state index in [0.717, 1.165) is 11.1 Å².